The van der Waals surface area contributed by atoms with Crippen molar-refractivity contribution < 1.29 is 0 Å². The van der Waals surface area contributed by atoms with Crippen molar-refractivity contribution in [2.45, 2.75) is 39.0 Å². The zero-order valence-corrected chi connectivity index (χ0v) is 10.5. The lowest BCUT2D eigenvalue weighted by Crippen LogP contribution is -2.51. The molecule has 1 fully saturated rings. The SMILES string of the molecule is CC(C)(C)C1CC(CN)(c2ccccn2)C1. The fourth-order valence-corrected chi connectivity index (χ4v) is 2.65. The fraction of sp³-hybridized carbons (Fsp3) is 0.643. The molecule has 0 amide bonds. The zero-order valence-electron chi connectivity index (χ0n) is 10.5. The number of pyridine rings is 1. The minimum Gasteiger partial charge on any atom is -0.330 e. The van der Waals surface area contributed by atoms with Crippen molar-refractivity contribution >= 4 is 0 Å². The van der Waals surface area contributed by atoms with E-state index in [2.05, 4.69) is 37.9 Å². The minimum atomic E-state index is 0.152. The number of nitrogens with zero attached hydrogens (tertiary/aromatic N) is 1. The van der Waals surface area contributed by atoms with Crippen LogP contribution in [0.1, 0.15) is 39.3 Å². The summed E-state index contributed by atoms with van der Waals surface area (Å²) in [7, 11) is 0. The highest BCUT2D eigenvalue weighted by Gasteiger charge is 2.49. The molecule has 2 N–H and O–H groups in total. The molecule has 0 aromatic carbocycles. The highest BCUT2D eigenvalue weighted by molar-refractivity contribution is 5.23. The van der Waals surface area contributed by atoms with Crippen LogP contribution < -0.4 is 5.73 Å². The van der Waals surface area contributed by atoms with E-state index < -0.39 is 0 Å². The predicted octanol–water partition coefficient (Wildman–Crippen LogP) is 2.73. The molecule has 0 aliphatic heterocycles. The standard InChI is InChI=1S/C14H22N2/c1-13(2,3)11-8-14(9-11,10-15)12-6-4-5-7-16-12/h4-7,11H,8-10,15H2,1-3H3. The molecule has 0 spiro atoms. The molecule has 0 radical (unpaired) electrons. The number of nitrogens with two attached hydrogens (primary N) is 1. The normalized spacial score (nSPS) is 29.9. The van der Waals surface area contributed by atoms with Crippen LogP contribution in [0, 0.1) is 11.3 Å². The second kappa shape index (κ2) is 3.85. The highest BCUT2D eigenvalue weighted by Crippen LogP contribution is 2.53. The van der Waals surface area contributed by atoms with Crippen molar-refractivity contribution in [3.63, 3.8) is 0 Å². The zero-order chi connectivity index (χ0) is 11.8. The van der Waals surface area contributed by atoms with E-state index in [1.165, 1.54) is 18.5 Å². The molecule has 0 saturated heterocycles. The van der Waals surface area contributed by atoms with Gasteiger partial charge in [-0.1, -0.05) is 26.8 Å². The summed E-state index contributed by atoms with van der Waals surface area (Å²) in [6.45, 7) is 7.67. The smallest absolute Gasteiger partial charge is 0.0478 e. The van der Waals surface area contributed by atoms with Crippen LogP contribution in [0.3, 0.4) is 0 Å². The maximum Gasteiger partial charge on any atom is 0.0478 e. The van der Waals surface area contributed by atoms with Crippen LogP contribution in [0.25, 0.3) is 0 Å². The molecule has 1 aromatic rings. The van der Waals surface area contributed by atoms with Gasteiger partial charge in [0.2, 0.25) is 0 Å². The quantitative estimate of drug-likeness (QED) is 0.829. The first-order chi connectivity index (χ1) is 7.48. The summed E-state index contributed by atoms with van der Waals surface area (Å²) in [4.78, 5) is 4.48. The Morgan fingerprint density at radius 3 is 2.50 bits per heavy atom. The summed E-state index contributed by atoms with van der Waals surface area (Å²) < 4.78 is 0. The van der Waals surface area contributed by atoms with Gasteiger partial charge in [-0.25, -0.2) is 0 Å². The summed E-state index contributed by atoms with van der Waals surface area (Å²) in [5.74, 6) is 0.776. The first-order valence-corrected chi connectivity index (χ1v) is 6.09. The summed E-state index contributed by atoms with van der Waals surface area (Å²) in [5.41, 5.74) is 7.69. The second-order valence-corrected chi connectivity index (χ2v) is 6.17. The van der Waals surface area contributed by atoms with E-state index in [0.717, 1.165) is 12.5 Å². The van der Waals surface area contributed by atoms with Gasteiger partial charge in [-0.15, -0.1) is 0 Å². The van der Waals surface area contributed by atoms with Gasteiger partial charge in [0.25, 0.3) is 0 Å². The molecule has 0 unspecified atom stereocenters. The largest absolute Gasteiger partial charge is 0.330 e. The Labute approximate surface area is 98.3 Å². The highest BCUT2D eigenvalue weighted by atomic mass is 14.8. The number of rotatable bonds is 2. The van der Waals surface area contributed by atoms with E-state index in [9.17, 15) is 0 Å². The summed E-state index contributed by atoms with van der Waals surface area (Å²) in [6.07, 6.45) is 4.24. The van der Waals surface area contributed by atoms with Crippen LogP contribution in [0.4, 0.5) is 0 Å². The Hall–Kier alpha value is -0.890. The lowest BCUT2D eigenvalue weighted by molar-refractivity contribution is 0.0478. The van der Waals surface area contributed by atoms with Gasteiger partial charge in [-0.2, -0.15) is 0 Å². The fourth-order valence-electron chi connectivity index (χ4n) is 2.65. The van der Waals surface area contributed by atoms with Gasteiger partial charge in [-0.05, 0) is 36.3 Å². The van der Waals surface area contributed by atoms with E-state index in [4.69, 9.17) is 5.73 Å². The van der Waals surface area contributed by atoms with Crippen LogP contribution in [0.5, 0.6) is 0 Å². The maximum absolute atomic E-state index is 5.97. The van der Waals surface area contributed by atoms with E-state index in [1.54, 1.807) is 0 Å². The molecule has 1 aromatic heterocycles. The Kier molecular flexibility index (Phi) is 2.79. The third-order valence-electron chi connectivity index (χ3n) is 4.10. The number of hydrogen-bond acceptors (Lipinski definition) is 2. The Morgan fingerprint density at radius 2 is 2.06 bits per heavy atom. The molecule has 1 aliphatic carbocycles. The van der Waals surface area contributed by atoms with E-state index in [0.29, 0.717) is 5.41 Å². The average molecular weight is 218 g/mol. The predicted molar refractivity (Wildman–Crippen MR) is 67.1 cm³/mol. The Balaban J connectivity index is 2.15. The monoisotopic (exact) mass is 218 g/mol. The molecule has 1 heterocycles. The van der Waals surface area contributed by atoms with Gasteiger partial charge >= 0.3 is 0 Å². The summed E-state index contributed by atoms with van der Waals surface area (Å²) in [6, 6.07) is 6.14. The van der Waals surface area contributed by atoms with Gasteiger partial charge in [0, 0.05) is 23.9 Å². The topological polar surface area (TPSA) is 38.9 Å². The van der Waals surface area contributed by atoms with Crippen LogP contribution in [-0.2, 0) is 5.41 Å². The van der Waals surface area contributed by atoms with Crippen molar-refractivity contribution in [3.05, 3.63) is 30.1 Å². The first-order valence-electron chi connectivity index (χ1n) is 6.09. The van der Waals surface area contributed by atoms with Crippen molar-refractivity contribution in [2.24, 2.45) is 17.1 Å². The molecule has 16 heavy (non-hydrogen) atoms. The van der Waals surface area contributed by atoms with Gasteiger partial charge in [-0.3, -0.25) is 4.98 Å². The van der Waals surface area contributed by atoms with Crippen molar-refractivity contribution in [2.75, 3.05) is 6.54 Å². The van der Waals surface area contributed by atoms with Crippen LogP contribution in [0.15, 0.2) is 24.4 Å². The van der Waals surface area contributed by atoms with Crippen LogP contribution >= 0.6 is 0 Å². The van der Waals surface area contributed by atoms with Crippen molar-refractivity contribution in [1.29, 1.82) is 0 Å². The molecule has 88 valence electrons. The van der Waals surface area contributed by atoms with Gasteiger partial charge in [0.05, 0.1) is 0 Å². The summed E-state index contributed by atoms with van der Waals surface area (Å²) >= 11 is 0. The van der Waals surface area contributed by atoms with E-state index in [1.807, 2.05) is 12.3 Å². The molecule has 0 bridgehead atoms. The van der Waals surface area contributed by atoms with Gasteiger partial charge < -0.3 is 5.73 Å². The Bertz CT molecular complexity index is 345. The molecule has 2 rings (SSSR count). The van der Waals surface area contributed by atoms with Crippen molar-refractivity contribution in [3.8, 4) is 0 Å². The van der Waals surface area contributed by atoms with Gasteiger partial charge in [0.1, 0.15) is 0 Å². The van der Waals surface area contributed by atoms with Crippen LogP contribution in [-0.4, -0.2) is 11.5 Å². The molecule has 0 atom stereocenters. The minimum absolute atomic E-state index is 0.152. The van der Waals surface area contributed by atoms with E-state index >= 15 is 0 Å². The number of aromatic nitrogens is 1. The van der Waals surface area contributed by atoms with Gasteiger partial charge in [0.15, 0.2) is 0 Å². The lowest BCUT2D eigenvalue weighted by Gasteiger charge is -2.52. The second-order valence-electron chi connectivity index (χ2n) is 6.17. The lowest BCUT2D eigenvalue weighted by atomic mass is 9.53. The molecule has 1 aliphatic rings. The third-order valence-corrected chi connectivity index (χ3v) is 4.10. The van der Waals surface area contributed by atoms with Crippen molar-refractivity contribution in [1.82, 2.24) is 4.98 Å². The Morgan fingerprint density at radius 1 is 1.38 bits per heavy atom. The molecular formula is C14H22N2. The molecule has 2 heteroatoms. The number of hydrogen-bond donors (Lipinski definition) is 1. The maximum atomic E-state index is 5.97. The average Bonchev–Trinajstić information content (AvgIpc) is 2.16. The van der Waals surface area contributed by atoms with Crippen LogP contribution in [0.2, 0.25) is 0 Å². The molecule has 1 saturated carbocycles. The first kappa shape index (κ1) is 11.6. The third kappa shape index (κ3) is 1.86. The molecular weight excluding hydrogens is 196 g/mol. The van der Waals surface area contributed by atoms with E-state index in [-0.39, 0.29) is 5.41 Å². The molecule has 2 nitrogen and oxygen atoms in total. The summed E-state index contributed by atoms with van der Waals surface area (Å²) in [5, 5.41) is 0.